The number of likely N-dealkylation sites (N-methyl/N-ethyl adjacent to an activating group) is 1. The lowest BCUT2D eigenvalue weighted by Gasteiger charge is -2.35. The van der Waals surface area contributed by atoms with Crippen molar-refractivity contribution in [2.75, 3.05) is 56.1 Å². The lowest BCUT2D eigenvalue weighted by Crippen LogP contribution is -2.46. The maximum Gasteiger partial charge on any atom is 0.404 e. The monoisotopic (exact) mass is 416 g/mol. The van der Waals surface area contributed by atoms with Gasteiger partial charge in [-0.1, -0.05) is 6.92 Å². The lowest BCUT2D eigenvalue weighted by atomic mass is 10.1. The minimum absolute atomic E-state index is 0.160. The van der Waals surface area contributed by atoms with Gasteiger partial charge in [-0.15, -0.1) is 0 Å². The van der Waals surface area contributed by atoms with Gasteiger partial charge >= 0.3 is 6.09 Å². The molecule has 156 valence electrons. The number of nitrogens with one attached hydrogen (secondary N) is 2. The molecule has 0 aliphatic carbocycles. The fourth-order valence-electron chi connectivity index (χ4n) is 3.40. The lowest BCUT2D eigenvalue weighted by molar-refractivity contribution is 0.159. The molecule has 0 saturated carbocycles. The summed E-state index contributed by atoms with van der Waals surface area (Å²) in [7, 11) is 0. The summed E-state index contributed by atoms with van der Waals surface area (Å²) in [5.74, 6) is 1.04. The van der Waals surface area contributed by atoms with Gasteiger partial charge in [0.15, 0.2) is 5.11 Å². The molecule has 0 spiro atoms. The quantitative estimate of drug-likeness (QED) is 0.487. The molecule has 0 radical (unpaired) electrons. The number of fused-ring (bicyclic) bond motifs is 1. The van der Waals surface area contributed by atoms with E-state index in [1.165, 1.54) is 5.56 Å². The van der Waals surface area contributed by atoms with Crippen LogP contribution in [0.5, 0.6) is 0 Å². The van der Waals surface area contributed by atoms with Crippen molar-refractivity contribution in [1.82, 2.24) is 15.2 Å². The molecule has 2 aromatic rings. The highest BCUT2D eigenvalue weighted by Crippen LogP contribution is 2.26. The number of piperazine rings is 1. The molecule has 2 heterocycles. The molecule has 8 nitrogen and oxygen atoms in total. The summed E-state index contributed by atoms with van der Waals surface area (Å²) in [5.41, 5.74) is 7.95. The van der Waals surface area contributed by atoms with Crippen molar-refractivity contribution in [2.45, 2.75) is 13.8 Å². The van der Waals surface area contributed by atoms with Crippen LogP contribution in [0.15, 0.2) is 24.3 Å². The third kappa shape index (κ3) is 5.68. The van der Waals surface area contributed by atoms with Crippen molar-refractivity contribution < 1.29 is 9.53 Å². The van der Waals surface area contributed by atoms with E-state index in [4.69, 9.17) is 22.9 Å². The number of ether oxygens (including phenoxy) is 1. The maximum absolute atomic E-state index is 10.6. The number of aryl methyl sites for hydroxylation is 1. The number of thiocarbonyl (C=S) groups is 1. The third-order valence-corrected chi connectivity index (χ3v) is 5.28. The first-order valence-corrected chi connectivity index (χ1v) is 10.2. The Morgan fingerprint density at radius 2 is 2.03 bits per heavy atom. The van der Waals surface area contributed by atoms with Gasteiger partial charge in [-0.2, -0.15) is 0 Å². The molecule has 0 bridgehead atoms. The van der Waals surface area contributed by atoms with E-state index in [1.807, 2.05) is 18.2 Å². The van der Waals surface area contributed by atoms with Crippen molar-refractivity contribution >= 4 is 45.8 Å². The number of nitrogens with zero attached hydrogens (tertiary/aromatic N) is 3. The summed E-state index contributed by atoms with van der Waals surface area (Å²) in [4.78, 5) is 20.3. The Morgan fingerprint density at radius 3 is 2.72 bits per heavy atom. The first kappa shape index (κ1) is 21.1. The van der Waals surface area contributed by atoms with E-state index >= 15 is 0 Å². The summed E-state index contributed by atoms with van der Waals surface area (Å²) >= 11 is 5.28. The van der Waals surface area contributed by atoms with Gasteiger partial charge in [0, 0.05) is 37.3 Å². The third-order valence-electron chi connectivity index (χ3n) is 5.04. The number of pyridine rings is 1. The largest absolute Gasteiger partial charge is 0.448 e. The van der Waals surface area contributed by atoms with E-state index in [0.717, 1.165) is 55.1 Å². The van der Waals surface area contributed by atoms with Crippen LogP contribution in [-0.4, -0.2) is 67.0 Å². The number of nitrogens with two attached hydrogens (primary N) is 1. The predicted octanol–water partition coefficient (Wildman–Crippen LogP) is 2.07. The van der Waals surface area contributed by atoms with Crippen LogP contribution in [0.2, 0.25) is 0 Å². The average molecular weight is 417 g/mol. The van der Waals surface area contributed by atoms with Crippen molar-refractivity contribution in [2.24, 2.45) is 5.73 Å². The Hall–Kier alpha value is -2.65. The fourth-order valence-corrected chi connectivity index (χ4v) is 3.62. The molecule has 29 heavy (non-hydrogen) atoms. The number of carbonyl (C=O) groups is 1. The van der Waals surface area contributed by atoms with Crippen molar-refractivity contribution in [3.05, 3.63) is 29.8 Å². The van der Waals surface area contributed by atoms with Gasteiger partial charge < -0.3 is 30.9 Å². The number of rotatable bonds is 6. The van der Waals surface area contributed by atoms with Crippen LogP contribution in [0.3, 0.4) is 0 Å². The molecule has 1 amide bonds. The summed E-state index contributed by atoms with van der Waals surface area (Å²) in [5, 5.41) is 7.66. The zero-order chi connectivity index (χ0) is 20.8. The summed E-state index contributed by atoms with van der Waals surface area (Å²) in [6, 6.07) is 8.17. The van der Waals surface area contributed by atoms with Crippen LogP contribution in [0.4, 0.5) is 16.3 Å². The topological polar surface area (TPSA) is 95.7 Å². The number of aromatic nitrogens is 1. The van der Waals surface area contributed by atoms with Gasteiger partial charge in [0.1, 0.15) is 12.4 Å². The fraction of sp³-hybridized carbons (Fsp3) is 0.450. The molecule has 1 saturated heterocycles. The number of anilines is 2. The second-order valence-corrected chi connectivity index (χ2v) is 7.41. The molecular formula is C20H28N6O2S. The Balaban J connectivity index is 1.65. The van der Waals surface area contributed by atoms with Crippen LogP contribution in [0.1, 0.15) is 12.5 Å². The number of primary amides is 1. The predicted molar refractivity (Wildman–Crippen MR) is 121 cm³/mol. The zero-order valence-corrected chi connectivity index (χ0v) is 17.7. The van der Waals surface area contributed by atoms with Gasteiger partial charge in [-0.3, -0.25) is 0 Å². The minimum Gasteiger partial charge on any atom is -0.448 e. The van der Waals surface area contributed by atoms with E-state index in [-0.39, 0.29) is 6.61 Å². The van der Waals surface area contributed by atoms with E-state index in [9.17, 15) is 4.79 Å². The number of hydrogen-bond donors (Lipinski definition) is 3. The summed E-state index contributed by atoms with van der Waals surface area (Å²) in [6.45, 7) is 10.1. The molecule has 4 N–H and O–H groups in total. The smallest absolute Gasteiger partial charge is 0.404 e. The van der Waals surface area contributed by atoms with Gasteiger partial charge in [0.05, 0.1) is 12.1 Å². The Labute approximate surface area is 176 Å². The van der Waals surface area contributed by atoms with E-state index in [2.05, 4.69) is 45.1 Å². The second-order valence-electron chi connectivity index (χ2n) is 7.00. The first-order valence-electron chi connectivity index (χ1n) is 9.82. The van der Waals surface area contributed by atoms with Gasteiger partial charge in [-0.25, -0.2) is 9.78 Å². The van der Waals surface area contributed by atoms with Gasteiger partial charge in [0.25, 0.3) is 0 Å². The average Bonchev–Trinajstić information content (AvgIpc) is 2.71. The molecule has 1 aromatic carbocycles. The SMILES string of the molecule is CCN1CCN(c2cc(C)c3cc(NC(=S)NCCOC(N)=O)ccc3n2)CC1. The number of benzene rings is 1. The molecule has 1 aliphatic heterocycles. The highest BCUT2D eigenvalue weighted by molar-refractivity contribution is 7.80. The van der Waals surface area contributed by atoms with E-state index in [1.54, 1.807) is 0 Å². The van der Waals surface area contributed by atoms with Crippen molar-refractivity contribution in [3.8, 4) is 0 Å². The first-order chi connectivity index (χ1) is 14.0. The molecule has 9 heteroatoms. The van der Waals surface area contributed by atoms with Crippen LogP contribution < -0.4 is 21.3 Å². The standard InChI is InChI=1S/C20H28N6O2S/c1-3-25-7-9-26(10-8-25)18-12-14(2)16-13-15(4-5-17(16)24-18)23-20(29)22-6-11-28-19(21)27/h4-5,12-13H,3,6-11H2,1-2H3,(H2,21,27)(H2,22,23,29). The Morgan fingerprint density at radius 1 is 1.28 bits per heavy atom. The van der Waals surface area contributed by atoms with Gasteiger partial charge in [0.2, 0.25) is 0 Å². The summed E-state index contributed by atoms with van der Waals surface area (Å²) < 4.78 is 4.66. The molecular weight excluding hydrogens is 388 g/mol. The zero-order valence-electron chi connectivity index (χ0n) is 16.9. The number of amides is 1. The maximum atomic E-state index is 10.6. The van der Waals surface area contributed by atoms with Crippen LogP contribution >= 0.6 is 12.2 Å². The number of carbonyl (C=O) groups excluding carboxylic acids is 1. The molecule has 1 fully saturated rings. The molecule has 0 atom stereocenters. The van der Waals surface area contributed by atoms with Gasteiger partial charge in [-0.05, 0) is 55.5 Å². The highest BCUT2D eigenvalue weighted by Gasteiger charge is 2.17. The Bertz CT molecular complexity index is 883. The molecule has 1 aliphatic rings. The number of hydrogen-bond acceptors (Lipinski definition) is 6. The molecule has 1 aromatic heterocycles. The van der Waals surface area contributed by atoms with Crippen molar-refractivity contribution in [3.63, 3.8) is 0 Å². The van der Waals surface area contributed by atoms with E-state index in [0.29, 0.717) is 11.7 Å². The van der Waals surface area contributed by atoms with E-state index < -0.39 is 6.09 Å². The minimum atomic E-state index is -0.796. The normalized spacial score (nSPS) is 14.6. The molecule has 0 unspecified atom stereocenters. The second kappa shape index (κ2) is 9.71. The molecule has 3 rings (SSSR count). The summed E-state index contributed by atoms with van der Waals surface area (Å²) in [6.07, 6.45) is -0.796. The van der Waals surface area contributed by atoms with Crippen LogP contribution in [0, 0.1) is 6.92 Å². The highest BCUT2D eigenvalue weighted by atomic mass is 32.1. The van der Waals surface area contributed by atoms with Crippen LogP contribution in [-0.2, 0) is 4.74 Å². The van der Waals surface area contributed by atoms with Crippen LogP contribution in [0.25, 0.3) is 10.9 Å². The van der Waals surface area contributed by atoms with Crippen molar-refractivity contribution in [1.29, 1.82) is 0 Å². The Kier molecular flexibility index (Phi) is 7.05.